The molecule has 2 nitrogen and oxygen atoms in total. The summed E-state index contributed by atoms with van der Waals surface area (Å²) < 4.78 is 0. The Morgan fingerprint density at radius 2 is 0.909 bits per heavy atom. The second-order valence-corrected chi connectivity index (χ2v) is 7.36. The van der Waals surface area contributed by atoms with E-state index >= 15 is 0 Å². The molecule has 0 bridgehead atoms. The largest absolute Gasteiger partial charge is 2.00 e. The monoisotopic (exact) mass is 520 g/mol. The van der Waals surface area contributed by atoms with Crippen molar-refractivity contribution in [3.63, 3.8) is 0 Å². The molecule has 0 radical (unpaired) electrons. The van der Waals surface area contributed by atoms with Crippen LogP contribution in [0.1, 0.15) is 64.5 Å². The Kier molecular flexibility index (Phi) is 18.1. The van der Waals surface area contributed by atoms with Gasteiger partial charge in [-0.3, -0.25) is 12.2 Å². The van der Waals surface area contributed by atoms with Crippen molar-refractivity contribution in [3.05, 3.63) is 107 Å². The summed E-state index contributed by atoms with van der Waals surface area (Å²) in [5.74, 6) is 0.680. The van der Waals surface area contributed by atoms with Crippen LogP contribution in [0.3, 0.4) is 0 Å². The van der Waals surface area contributed by atoms with Gasteiger partial charge in [0.1, 0.15) is 11.5 Å². The van der Waals surface area contributed by atoms with Crippen LogP contribution in [0.5, 0.6) is 11.5 Å². The van der Waals surface area contributed by atoms with Crippen LogP contribution < -0.4 is 0 Å². The number of aryl methyl sites for hydroxylation is 2. The number of rotatable bonds is 4. The molecule has 2 aromatic carbocycles. The van der Waals surface area contributed by atoms with Crippen LogP contribution in [0.25, 0.3) is 0 Å². The van der Waals surface area contributed by atoms with Gasteiger partial charge in [0.05, 0.1) is 0 Å². The fourth-order valence-corrected chi connectivity index (χ4v) is 2.85. The molecule has 3 heteroatoms. The first-order chi connectivity index (χ1) is 15.5. The molecule has 2 aromatic rings. The minimum atomic E-state index is 0. The molecular formula is C30H38O2Zr. The Bertz CT molecular complexity index is 797. The minimum Gasteiger partial charge on any atom is -0.508 e. The molecule has 0 aromatic heterocycles. The molecule has 2 aliphatic carbocycles. The second-order valence-electron chi connectivity index (χ2n) is 7.36. The molecule has 0 amide bonds. The first-order valence-corrected chi connectivity index (χ1v) is 11.6. The third-order valence-corrected chi connectivity index (χ3v) is 4.98. The zero-order valence-corrected chi connectivity index (χ0v) is 23.0. The van der Waals surface area contributed by atoms with Gasteiger partial charge in [-0.1, -0.05) is 64.8 Å². The van der Waals surface area contributed by atoms with Gasteiger partial charge >= 0.3 is 26.2 Å². The molecule has 0 atom stereocenters. The number of hydrogen-bond acceptors (Lipinski definition) is 2. The SMILES string of the molecule is CCC1=[C-]CC=C1.CCC1=[C-]CC=C1.CCc1ccc(O)cc1.CCc1ccc(O)cc1.[Zr+2]. The van der Waals surface area contributed by atoms with E-state index in [4.69, 9.17) is 10.2 Å². The van der Waals surface area contributed by atoms with Gasteiger partial charge in [-0.25, -0.2) is 23.3 Å². The van der Waals surface area contributed by atoms with Gasteiger partial charge in [-0.15, -0.1) is 12.8 Å². The second kappa shape index (κ2) is 19.4. The van der Waals surface area contributed by atoms with Crippen LogP contribution in [0.2, 0.25) is 0 Å². The summed E-state index contributed by atoms with van der Waals surface area (Å²) in [7, 11) is 0. The van der Waals surface area contributed by atoms with Crippen molar-refractivity contribution in [2.45, 2.75) is 66.2 Å². The average molecular weight is 522 g/mol. The number of benzene rings is 2. The van der Waals surface area contributed by atoms with E-state index in [0.717, 1.165) is 38.5 Å². The molecular weight excluding hydrogens is 484 g/mol. The number of hydrogen-bond donors (Lipinski definition) is 2. The van der Waals surface area contributed by atoms with Crippen molar-refractivity contribution in [2.75, 3.05) is 0 Å². The fourth-order valence-electron chi connectivity index (χ4n) is 2.85. The Balaban J connectivity index is 0.000000412. The summed E-state index contributed by atoms with van der Waals surface area (Å²) >= 11 is 0. The number of phenolic OH excluding ortho intramolecular Hbond substituents is 2. The number of aromatic hydroxyl groups is 2. The van der Waals surface area contributed by atoms with E-state index in [-0.39, 0.29) is 26.2 Å². The quantitative estimate of drug-likeness (QED) is 0.399. The van der Waals surface area contributed by atoms with Crippen LogP contribution in [0.4, 0.5) is 0 Å². The molecule has 0 saturated carbocycles. The standard InChI is InChI=1S/2C8H10O.2C7H9.Zr/c2*1-2-7-3-5-8(9)6-4-7;2*1-2-7-5-3-4-6-7;/h2*3-6,9H,2H2,1H3;2*3,5H,2,4H2,1H3;/q;;2*-1;+2. The van der Waals surface area contributed by atoms with Gasteiger partial charge in [-0.05, 0) is 48.2 Å². The van der Waals surface area contributed by atoms with Crippen molar-refractivity contribution < 1.29 is 36.4 Å². The van der Waals surface area contributed by atoms with E-state index in [0.29, 0.717) is 11.5 Å². The molecule has 2 aliphatic rings. The fraction of sp³-hybridized carbons (Fsp3) is 0.333. The summed E-state index contributed by atoms with van der Waals surface area (Å²) in [6, 6.07) is 14.5. The molecule has 0 saturated heterocycles. The van der Waals surface area contributed by atoms with Crippen LogP contribution in [-0.2, 0) is 39.0 Å². The molecule has 2 N–H and O–H groups in total. The van der Waals surface area contributed by atoms with Crippen molar-refractivity contribution in [3.8, 4) is 11.5 Å². The maximum Gasteiger partial charge on any atom is 2.00 e. The molecule has 0 spiro atoms. The molecule has 174 valence electrons. The molecule has 0 heterocycles. The Morgan fingerprint density at radius 1 is 0.576 bits per heavy atom. The van der Waals surface area contributed by atoms with E-state index in [9.17, 15) is 0 Å². The number of allylic oxidation sites excluding steroid dienone is 8. The van der Waals surface area contributed by atoms with Crippen molar-refractivity contribution in [1.29, 1.82) is 0 Å². The first-order valence-electron chi connectivity index (χ1n) is 11.6. The summed E-state index contributed by atoms with van der Waals surface area (Å²) in [6.45, 7) is 8.48. The molecule has 0 aliphatic heterocycles. The Morgan fingerprint density at radius 3 is 1.09 bits per heavy atom. The Hall–Kier alpha value is -2.12. The van der Waals surface area contributed by atoms with E-state index in [1.807, 2.05) is 24.3 Å². The van der Waals surface area contributed by atoms with E-state index in [1.165, 1.54) is 22.3 Å². The third-order valence-electron chi connectivity index (χ3n) is 4.98. The first kappa shape index (κ1) is 30.9. The van der Waals surface area contributed by atoms with Gasteiger partial charge in [0.15, 0.2) is 0 Å². The zero-order chi connectivity index (χ0) is 23.6. The number of phenols is 2. The van der Waals surface area contributed by atoms with Gasteiger partial charge in [0, 0.05) is 0 Å². The summed E-state index contributed by atoms with van der Waals surface area (Å²) in [5.41, 5.74) is 5.24. The molecule has 4 rings (SSSR count). The van der Waals surface area contributed by atoms with Gasteiger partial charge < -0.3 is 10.2 Å². The van der Waals surface area contributed by atoms with Crippen molar-refractivity contribution in [2.24, 2.45) is 0 Å². The summed E-state index contributed by atoms with van der Waals surface area (Å²) in [4.78, 5) is 0. The maximum atomic E-state index is 8.85. The van der Waals surface area contributed by atoms with Crippen molar-refractivity contribution >= 4 is 0 Å². The molecule has 33 heavy (non-hydrogen) atoms. The predicted octanol–water partition coefficient (Wildman–Crippen LogP) is 8.08. The summed E-state index contributed by atoms with van der Waals surface area (Å²) in [6.07, 6.45) is 21.4. The minimum absolute atomic E-state index is 0. The van der Waals surface area contributed by atoms with Gasteiger partial charge in [0.2, 0.25) is 0 Å². The van der Waals surface area contributed by atoms with Crippen LogP contribution in [-0.4, -0.2) is 10.2 Å². The van der Waals surface area contributed by atoms with E-state index in [1.54, 1.807) is 24.3 Å². The topological polar surface area (TPSA) is 40.5 Å². The van der Waals surface area contributed by atoms with Crippen LogP contribution >= 0.6 is 0 Å². The van der Waals surface area contributed by atoms with Crippen LogP contribution in [0, 0.1) is 12.2 Å². The van der Waals surface area contributed by atoms with E-state index in [2.05, 4.69) is 64.2 Å². The maximum absolute atomic E-state index is 8.85. The van der Waals surface area contributed by atoms with Gasteiger partial charge in [0.25, 0.3) is 0 Å². The molecule has 0 fully saturated rings. The third kappa shape index (κ3) is 14.6. The van der Waals surface area contributed by atoms with Gasteiger partial charge in [-0.2, -0.15) is 12.2 Å². The zero-order valence-electron chi connectivity index (χ0n) is 20.6. The van der Waals surface area contributed by atoms with E-state index < -0.39 is 0 Å². The predicted molar refractivity (Wildman–Crippen MR) is 137 cm³/mol. The average Bonchev–Trinajstić information content (AvgIpc) is 3.55. The molecule has 0 unspecified atom stereocenters. The van der Waals surface area contributed by atoms with Crippen molar-refractivity contribution in [1.82, 2.24) is 0 Å². The smallest absolute Gasteiger partial charge is 0.508 e. The normalized spacial score (nSPS) is 12.6. The Labute approximate surface area is 220 Å². The summed E-state index contributed by atoms with van der Waals surface area (Å²) in [5, 5.41) is 17.7. The van der Waals surface area contributed by atoms with Crippen LogP contribution in [0.15, 0.2) is 84.0 Å².